The van der Waals surface area contributed by atoms with Gasteiger partial charge >= 0.3 is 0 Å². The monoisotopic (exact) mass is 298 g/mol. The van der Waals surface area contributed by atoms with Crippen LogP contribution in [0.5, 0.6) is 5.75 Å². The molecular weight excluding hydrogens is 280 g/mol. The molecule has 0 aromatic heterocycles. The Balaban J connectivity index is 2.28. The zero-order chi connectivity index (χ0) is 12.4. The van der Waals surface area contributed by atoms with Crippen molar-refractivity contribution >= 4 is 15.9 Å². The molecule has 0 spiro atoms. The molecule has 1 aromatic rings. The molecule has 0 radical (unpaired) electrons. The summed E-state index contributed by atoms with van der Waals surface area (Å²) in [6, 6.07) is 6.66. The summed E-state index contributed by atoms with van der Waals surface area (Å²) >= 11 is 3.47. The van der Waals surface area contributed by atoms with E-state index in [0.29, 0.717) is 12.0 Å². The van der Waals surface area contributed by atoms with Crippen molar-refractivity contribution in [3.8, 4) is 5.75 Å². The van der Waals surface area contributed by atoms with Crippen LogP contribution < -0.4 is 10.5 Å². The molecule has 2 rings (SSSR count). The van der Waals surface area contributed by atoms with Gasteiger partial charge < -0.3 is 10.5 Å². The second-order valence-corrected chi connectivity index (χ2v) is 5.59. The third-order valence-electron chi connectivity index (χ3n) is 3.52. The third-order valence-corrected chi connectivity index (χ3v) is 4.02. The molecule has 1 aliphatic heterocycles. The highest BCUT2D eigenvalue weighted by Gasteiger charge is 2.31. The van der Waals surface area contributed by atoms with Crippen LogP contribution in [0.25, 0.3) is 0 Å². The number of methoxy groups -OCH3 is 1. The molecule has 1 heterocycles. The van der Waals surface area contributed by atoms with Crippen LogP contribution >= 0.6 is 15.9 Å². The Bertz CT molecular complexity index is 397. The molecule has 0 amide bonds. The predicted molar refractivity (Wildman–Crippen MR) is 73.2 cm³/mol. The summed E-state index contributed by atoms with van der Waals surface area (Å²) in [5, 5.41) is 0. The predicted octanol–water partition coefficient (Wildman–Crippen LogP) is 2.41. The maximum absolute atomic E-state index is 5.77. The Hall–Kier alpha value is -0.580. The Kier molecular flexibility index (Phi) is 4.07. The number of nitrogens with zero attached hydrogens (tertiary/aromatic N) is 1. The number of ether oxygens (including phenoxy) is 1. The van der Waals surface area contributed by atoms with E-state index in [9.17, 15) is 0 Å². The van der Waals surface area contributed by atoms with Gasteiger partial charge in [-0.25, -0.2) is 0 Å². The molecule has 1 aromatic carbocycles. The van der Waals surface area contributed by atoms with E-state index >= 15 is 0 Å². The van der Waals surface area contributed by atoms with Crippen LogP contribution in [0.4, 0.5) is 0 Å². The maximum Gasteiger partial charge on any atom is 0.124 e. The lowest BCUT2D eigenvalue weighted by atomic mass is 9.99. The number of rotatable bonds is 3. The van der Waals surface area contributed by atoms with E-state index in [4.69, 9.17) is 10.5 Å². The lowest BCUT2D eigenvalue weighted by Crippen LogP contribution is -2.20. The van der Waals surface area contributed by atoms with Crippen molar-refractivity contribution in [2.24, 2.45) is 11.7 Å². The van der Waals surface area contributed by atoms with Crippen LogP contribution in [0.2, 0.25) is 0 Å². The second kappa shape index (κ2) is 5.38. The van der Waals surface area contributed by atoms with Crippen LogP contribution in [0.15, 0.2) is 22.7 Å². The molecule has 4 heteroatoms. The zero-order valence-corrected chi connectivity index (χ0v) is 11.9. The van der Waals surface area contributed by atoms with Gasteiger partial charge in [-0.15, -0.1) is 0 Å². The van der Waals surface area contributed by atoms with Crippen molar-refractivity contribution in [3.05, 3.63) is 28.2 Å². The lowest BCUT2D eigenvalue weighted by Gasteiger charge is -2.21. The molecule has 3 nitrogen and oxygen atoms in total. The first-order valence-electron chi connectivity index (χ1n) is 5.89. The summed E-state index contributed by atoms with van der Waals surface area (Å²) in [6.45, 7) is 1.83. The standard InChI is InChI=1S/C13H19BrN2O/c1-16-8-9(7-15)5-12(16)11-4-3-10(14)6-13(11)17-2/h3-4,6,9,12H,5,7-8,15H2,1-2H3. The molecule has 0 bridgehead atoms. The minimum atomic E-state index is 0.423. The Morgan fingerprint density at radius 3 is 2.88 bits per heavy atom. The minimum Gasteiger partial charge on any atom is -0.496 e. The highest BCUT2D eigenvalue weighted by molar-refractivity contribution is 9.10. The lowest BCUT2D eigenvalue weighted by molar-refractivity contribution is 0.303. The number of benzene rings is 1. The SMILES string of the molecule is COc1cc(Br)ccc1C1CC(CN)CN1C. The summed E-state index contributed by atoms with van der Waals surface area (Å²) in [5.41, 5.74) is 7.02. The van der Waals surface area contributed by atoms with E-state index in [1.54, 1.807) is 7.11 Å². The zero-order valence-electron chi connectivity index (χ0n) is 10.3. The van der Waals surface area contributed by atoms with Crippen LogP contribution in [0.1, 0.15) is 18.0 Å². The number of hydrogen-bond acceptors (Lipinski definition) is 3. The van der Waals surface area contributed by atoms with E-state index in [2.05, 4.69) is 40.0 Å². The second-order valence-electron chi connectivity index (χ2n) is 4.68. The van der Waals surface area contributed by atoms with Gasteiger partial charge in [-0.05, 0) is 38.1 Å². The molecule has 2 N–H and O–H groups in total. The Morgan fingerprint density at radius 2 is 2.29 bits per heavy atom. The van der Waals surface area contributed by atoms with Crippen molar-refractivity contribution in [3.63, 3.8) is 0 Å². The van der Waals surface area contributed by atoms with Crippen LogP contribution in [-0.4, -0.2) is 32.1 Å². The number of nitrogens with two attached hydrogens (primary N) is 1. The quantitative estimate of drug-likeness (QED) is 0.931. The molecular formula is C13H19BrN2O. The molecule has 2 atom stereocenters. The molecule has 17 heavy (non-hydrogen) atoms. The molecule has 1 saturated heterocycles. The van der Waals surface area contributed by atoms with Crippen LogP contribution in [-0.2, 0) is 0 Å². The fraction of sp³-hybridized carbons (Fsp3) is 0.538. The molecule has 1 aliphatic rings. The Morgan fingerprint density at radius 1 is 1.53 bits per heavy atom. The molecule has 0 aliphatic carbocycles. The third kappa shape index (κ3) is 2.64. The average molecular weight is 299 g/mol. The summed E-state index contributed by atoms with van der Waals surface area (Å²) in [4.78, 5) is 2.36. The van der Waals surface area contributed by atoms with Gasteiger partial charge in [0.1, 0.15) is 5.75 Å². The van der Waals surface area contributed by atoms with E-state index in [1.165, 1.54) is 5.56 Å². The summed E-state index contributed by atoms with van der Waals surface area (Å²) in [5.74, 6) is 1.55. The van der Waals surface area contributed by atoms with Gasteiger partial charge in [0, 0.05) is 22.6 Å². The van der Waals surface area contributed by atoms with E-state index in [1.807, 2.05) is 6.07 Å². The summed E-state index contributed by atoms with van der Waals surface area (Å²) in [6.07, 6.45) is 1.12. The first kappa shape index (κ1) is 12.9. The smallest absolute Gasteiger partial charge is 0.124 e. The van der Waals surface area contributed by atoms with Gasteiger partial charge in [0.05, 0.1) is 7.11 Å². The van der Waals surface area contributed by atoms with E-state index in [-0.39, 0.29) is 0 Å². The van der Waals surface area contributed by atoms with E-state index < -0.39 is 0 Å². The highest BCUT2D eigenvalue weighted by Crippen LogP contribution is 2.39. The first-order valence-corrected chi connectivity index (χ1v) is 6.68. The van der Waals surface area contributed by atoms with Crippen molar-refractivity contribution in [2.75, 3.05) is 27.2 Å². The summed E-state index contributed by atoms with van der Waals surface area (Å²) < 4.78 is 6.52. The maximum atomic E-state index is 5.77. The van der Waals surface area contributed by atoms with Gasteiger partial charge in [0.25, 0.3) is 0 Å². The molecule has 1 fully saturated rings. The Labute approximate surface area is 111 Å². The average Bonchev–Trinajstić information content (AvgIpc) is 2.70. The van der Waals surface area contributed by atoms with Crippen molar-refractivity contribution in [1.82, 2.24) is 4.90 Å². The topological polar surface area (TPSA) is 38.5 Å². The van der Waals surface area contributed by atoms with Crippen LogP contribution in [0.3, 0.4) is 0 Å². The first-order chi connectivity index (χ1) is 8.15. The van der Waals surface area contributed by atoms with Gasteiger partial charge in [-0.2, -0.15) is 0 Å². The molecule has 0 saturated carbocycles. The van der Waals surface area contributed by atoms with Crippen LogP contribution in [0, 0.1) is 5.92 Å². The van der Waals surface area contributed by atoms with Gasteiger partial charge in [-0.3, -0.25) is 4.90 Å². The van der Waals surface area contributed by atoms with Crippen molar-refractivity contribution in [2.45, 2.75) is 12.5 Å². The number of hydrogen-bond donors (Lipinski definition) is 1. The molecule has 2 unspecified atom stereocenters. The number of likely N-dealkylation sites (tertiary alicyclic amines) is 1. The fourth-order valence-corrected chi connectivity index (χ4v) is 2.94. The largest absolute Gasteiger partial charge is 0.496 e. The van der Waals surface area contributed by atoms with Crippen molar-refractivity contribution < 1.29 is 4.74 Å². The molecule has 94 valence electrons. The van der Waals surface area contributed by atoms with Crippen molar-refractivity contribution in [1.29, 1.82) is 0 Å². The van der Waals surface area contributed by atoms with Gasteiger partial charge in [0.15, 0.2) is 0 Å². The van der Waals surface area contributed by atoms with E-state index in [0.717, 1.165) is 29.7 Å². The number of halogens is 1. The summed E-state index contributed by atoms with van der Waals surface area (Å²) in [7, 11) is 3.88. The van der Waals surface area contributed by atoms with Gasteiger partial charge in [0.2, 0.25) is 0 Å². The minimum absolute atomic E-state index is 0.423. The van der Waals surface area contributed by atoms with Gasteiger partial charge in [-0.1, -0.05) is 22.0 Å². The normalized spacial score (nSPS) is 25.2. The fourth-order valence-electron chi connectivity index (χ4n) is 2.60. The highest BCUT2D eigenvalue weighted by atomic mass is 79.9.